The largest absolute Gasteiger partial charge is 0.390 e. The van der Waals surface area contributed by atoms with E-state index in [0.717, 1.165) is 6.42 Å². The van der Waals surface area contributed by atoms with Gasteiger partial charge >= 0.3 is 6.18 Å². The Bertz CT molecular complexity index is 365. The van der Waals surface area contributed by atoms with Crippen molar-refractivity contribution in [2.45, 2.75) is 32.4 Å². The molecule has 0 aliphatic rings. The predicted molar refractivity (Wildman–Crippen MR) is 59.6 cm³/mol. The number of nitrogens with one attached hydrogen (secondary N) is 1. The average molecular weight is 248 g/mol. The van der Waals surface area contributed by atoms with Crippen LogP contribution in [0.15, 0.2) is 6.33 Å². The Morgan fingerprint density at radius 3 is 2.65 bits per heavy atom. The summed E-state index contributed by atoms with van der Waals surface area (Å²) in [6.07, 6.45) is -2.37. The molecule has 0 aromatic carbocycles. The fourth-order valence-electron chi connectivity index (χ4n) is 1.40. The van der Waals surface area contributed by atoms with Gasteiger partial charge in [0.25, 0.3) is 0 Å². The molecule has 0 fully saturated rings. The molecule has 0 aliphatic carbocycles. The van der Waals surface area contributed by atoms with Gasteiger partial charge in [0.1, 0.15) is 18.0 Å². The average Bonchev–Trinajstić information content (AvgIpc) is 2.21. The fourth-order valence-corrected chi connectivity index (χ4v) is 1.40. The van der Waals surface area contributed by atoms with Crippen molar-refractivity contribution in [1.82, 2.24) is 9.97 Å². The number of alkyl halides is 3. The molecule has 0 bridgehead atoms. The van der Waals surface area contributed by atoms with Crippen LogP contribution in [0.2, 0.25) is 0 Å². The minimum Gasteiger partial charge on any atom is -0.383 e. The van der Waals surface area contributed by atoms with Gasteiger partial charge in [0, 0.05) is 12.1 Å². The van der Waals surface area contributed by atoms with Crippen LogP contribution in [0.1, 0.15) is 25.3 Å². The summed E-state index contributed by atoms with van der Waals surface area (Å²) in [5.74, 6) is 0.708. The van der Waals surface area contributed by atoms with Crippen molar-refractivity contribution < 1.29 is 13.2 Å². The number of anilines is 2. The van der Waals surface area contributed by atoms with E-state index < -0.39 is 12.6 Å². The van der Waals surface area contributed by atoms with Gasteiger partial charge in [-0.1, -0.05) is 13.3 Å². The van der Waals surface area contributed by atoms with E-state index in [0.29, 0.717) is 23.6 Å². The van der Waals surface area contributed by atoms with Crippen molar-refractivity contribution in [3.63, 3.8) is 0 Å². The van der Waals surface area contributed by atoms with E-state index in [4.69, 9.17) is 5.73 Å². The van der Waals surface area contributed by atoms with Gasteiger partial charge in [-0.05, 0) is 6.42 Å². The van der Waals surface area contributed by atoms with Crippen LogP contribution in [-0.2, 0) is 6.42 Å². The van der Waals surface area contributed by atoms with Gasteiger partial charge in [0.15, 0.2) is 0 Å². The second-order valence-corrected chi connectivity index (χ2v) is 3.63. The molecule has 17 heavy (non-hydrogen) atoms. The van der Waals surface area contributed by atoms with E-state index in [-0.39, 0.29) is 6.54 Å². The van der Waals surface area contributed by atoms with E-state index in [9.17, 15) is 13.2 Å². The highest BCUT2D eigenvalue weighted by Gasteiger charge is 2.26. The molecule has 4 nitrogen and oxygen atoms in total. The molecule has 96 valence electrons. The molecule has 1 aromatic heterocycles. The SMILES string of the molecule is CCCc1c(N)ncnc1NCCC(F)(F)F. The standard InChI is InChI=1S/C10H15F3N4/c1-2-3-7-8(14)16-6-17-9(7)15-5-4-10(11,12)13/h6H,2-5H2,1H3,(H3,14,15,16,17). The van der Waals surface area contributed by atoms with Gasteiger partial charge in [0.2, 0.25) is 0 Å². The number of nitrogens with two attached hydrogens (primary N) is 1. The predicted octanol–water partition coefficient (Wildman–Crippen LogP) is 2.38. The van der Waals surface area contributed by atoms with E-state index >= 15 is 0 Å². The molecule has 0 unspecified atom stereocenters. The maximum absolute atomic E-state index is 12.0. The highest BCUT2D eigenvalue weighted by atomic mass is 19.4. The van der Waals surface area contributed by atoms with Crippen LogP contribution >= 0.6 is 0 Å². The zero-order valence-electron chi connectivity index (χ0n) is 9.51. The maximum atomic E-state index is 12.0. The minimum absolute atomic E-state index is 0.212. The number of hydrogen-bond donors (Lipinski definition) is 2. The molecule has 0 atom stereocenters. The van der Waals surface area contributed by atoms with Crippen LogP contribution in [0.5, 0.6) is 0 Å². The molecule has 0 saturated heterocycles. The second kappa shape index (κ2) is 5.70. The van der Waals surface area contributed by atoms with Gasteiger partial charge in [-0.2, -0.15) is 13.2 Å². The Kier molecular flexibility index (Phi) is 4.53. The fraction of sp³-hybridized carbons (Fsp3) is 0.600. The molecular weight excluding hydrogens is 233 g/mol. The first kappa shape index (κ1) is 13.5. The monoisotopic (exact) mass is 248 g/mol. The smallest absolute Gasteiger partial charge is 0.383 e. The summed E-state index contributed by atoms with van der Waals surface area (Å²) in [6, 6.07) is 0. The highest BCUT2D eigenvalue weighted by Crippen LogP contribution is 2.22. The molecule has 0 spiro atoms. The molecule has 1 rings (SSSR count). The lowest BCUT2D eigenvalue weighted by Crippen LogP contribution is -2.16. The highest BCUT2D eigenvalue weighted by molar-refractivity contribution is 5.54. The first-order valence-corrected chi connectivity index (χ1v) is 5.34. The van der Waals surface area contributed by atoms with Gasteiger partial charge in [-0.15, -0.1) is 0 Å². The number of aromatic nitrogens is 2. The molecule has 3 N–H and O–H groups in total. The Labute approximate surface area is 97.4 Å². The molecule has 0 amide bonds. The molecular formula is C10H15F3N4. The van der Waals surface area contributed by atoms with E-state index in [1.165, 1.54) is 6.33 Å². The Hall–Kier alpha value is -1.53. The van der Waals surface area contributed by atoms with Crippen molar-refractivity contribution in [3.8, 4) is 0 Å². The van der Waals surface area contributed by atoms with Crippen LogP contribution in [0.25, 0.3) is 0 Å². The van der Waals surface area contributed by atoms with E-state index in [1.807, 2.05) is 6.92 Å². The van der Waals surface area contributed by atoms with Crippen molar-refractivity contribution in [3.05, 3.63) is 11.9 Å². The molecule has 0 aliphatic heterocycles. The summed E-state index contributed by atoms with van der Waals surface area (Å²) in [6.45, 7) is 1.74. The van der Waals surface area contributed by atoms with Crippen molar-refractivity contribution in [2.75, 3.05) is 17.6 Å². The van der Waals surface area contributed by atoms with E-state index in [1.54, 1.807) is 0 Å². The molecule has 1 aromatic rings. The summed E-state index contributed by atoms with van der Waals surface area (Å²) >= 11 is 0. The topological polar surface area (TPSA) is 63.8 Å². The maximum Gasteiger partial charge on any atom is 0.390 e. The van der Waals surface area contributed by atoms with Crippen LogP contribution in [0.3, 0.4) is 0 Å². The lowest BCUT2D eigenvalue weighted by molar-refractivity contribution is -0.131. The quantitative estimate of drug-likeness (QED) is 0.839. The Morgan fingerprint density at radius 2 is 2.06 bits per heavy atom. The van der Waals surface area contributed by atoms with Crippen LogP contribution in [-0.4, -0.2) is 22.7 Å². The second-order valence-electron chi connectivity index (χ2n) is 3.63. The summed E-state index contributed by atoms with van der Waals surface area (Å²) < 4.78 is 36.0. The zero-order valence-corrected chi connectivity index (χ0v) is 9.51. The molecule has 0 radical (unpaired) electrons. The third-order valence-corrected chi connectivity index (χ3v) is 2.18. The first-order chi connectivity index (χ1) is 7.94. The molecule has 7 heteroatoms. The summed E-state index contributed by atoms with van der Waals surface area (Å²) in [4.78, 5) is 7.73. The van der Waals surface area contributed by atoms with Gasteiger partial charge in [0.05, 0.1) is 6.42 Å². The Balaban J connectivity index is 2.67. The van der Waals surface area contributed by atoms with Crippen molar-refractivity contribution >= 4 is 11.6 Å². The number of nitrogens with zero attached hydrogens (tertiary/aromatic N) is 2. The van der Waals surface area contributed by atoms with E-state index in [2.05, 4.69) is 15.3 Å². The number of nitrogen functional groups attached to an aromatic ring is 1. The van der Waals surface area contributed by atoms with Gasteiger partial charge in [-0.3, -0.25) is 0 Å². The third-order valence-electron chi connectivity index (χ3n) is 2.18. The minimum atomic E-state index is -4.17. The summed E-state index contributed by atoms with van der Waals surface area (Å²) in [7, 11) is 0. The van der Waals surface area contributed by atoms with Gasteiger partial charge < -0.3 is 11.1 Å². The Morgan fingerprint density at radius 1 is 1.35 bits per heavy atom. The summed E-state index contributed by atoms with van der Waals surface area (Å²) in [5.41, 5.74) is 6.33. The molecule has 1 heterocycles. The normalized spacial score (nSPS) is 11.5. The number of hydrogen-bond acceptors (Lipinski definition) is 4. The lowest BCUT2D eigenvalue weighted by atomic mass is 10.1. The molecule has 0 saturated carbocycles. The number of halogens is 3. The van der Waals surface area contributed by atoms with Crippen LogP contribution < -0.4 is 11.1 Å². The zero-order chi connectivity index (χ0) is 12.9. The van der Waals surface area contributed by atoms with Crippen LogP contribution in [0, 0.1) is 0 Å². The van der Waals surface area contributed by atoms with Crippen molar-refractivity contribution in [1.29, 1.82) is 0 Å². The van der Waals surface area contributed by atoms with Crippen molar-refractivity contribution in [2.24, 2.45) is 0 Å². The lowest BCUT2D eigenvalue weighted by Gasteiger charge is -2.12. The first-order valence-electron chi connectivity index (χ1n) is 5.34. The third kappa shape index (κ3) is 4.46. The summed E-state index contributed by atoms with van der Waals surface area (Å²) in [5, 5.41) is 2.64. The number of rotatable bonds is 5. The van der Waals surface area contributed by atoms with Crippen LogP contribution in [0.4, 0.5) is 24.8 Å². The van der Waals surface area contributed by atoms with Gasteiger partial charge in [-0.25, -0.2) is 9.97 Å².